The Morgan fingerprint density at radius 2 is 1.81 bits per heavy atom. The van der Waals surface area contributed by atoms with E-state index >= 15 is 0 Å². The van der Waals surface area contributed by atoms with E-state index in [4.69, 9.17) is 38.7 Å². The van der Waals surface area contributed by atoms with Gasteiger partial charge in [-0.3, -0.25) is 9.89 Å². The molecular weight excluding hydrogens is 516 g/mol. The molecule has 7 nitrogen and oxygen atoms in total. The van der Waals surface area contributed by atoms with Crippen molar-refractivity contribution in [1.29, 1.82) is 0 Å². The molecule has 4 N–H and O–H groups in total. The average molecular weight is 536 g/mol. The molecule has 0 aliphatic rings. The first-order chi connectivity index (χ1) is 17.9. The molecule has 2 heterocycles. The smallest absolute Gasteiger partial charge is 0.255 e. The molecule has 1 amide bonds. The second-order valence-electron chi connectivity index (χ2n) is 8.21. The maximum atomic E-state index is 13.6. The Morgan fingerprint density at radius 1 is 1.08 bits per heavy atom. The van der Waals surface area contributed by atoms with Crippen LogP contribution in [0.5, 0.6) is 5.75 Å². The number of nitrogens with one attached hydrogen (secondary N) is 2. The normalized spacial score (nSPS) is 11.0. The van der Waals surface area contributed by atoms with Gasteiger partial charge in [-0.2, -0.15) is 5.10 Å². The van der Waals surface area contributed by atoms with Gasteiger partial charge in [-0.05, 0) is 42.0 Å². The Morgan fingerprint density at radius 3 is 2.51 bits per heavy atom. The molecule has 0 spiro atoms. The largest absolute Gasteiger partial charge is 0.496 e. The number of H-pyrrole nitrogens is 1. The molecule has 2 aromatic heterocycles. The van der Waals surface area contributed by atoms with Gasteiger partial charge < -0.3 is 15.8 Å². The van der Waals surface area contributed by atoms with Crippen LogP contribution in [0.2, 0.25) is 10.0 Å². The minimum Gasteiger partial charge on any atom is -0.496 e. The Labute approximate surface area is 221 Å². The molecule has 0 atom stereocenters. The van der Waals surface area contributed by atoms with Gasteiger partial charge >= 0.3 is 0 Å². The van der Waals surface area contributed by atoms with Gasteiger partial charge in [0.25, 0.3) is 5.91 Å². The van der Waals surface area contributed by atoms with Crippen molar-refractivity contribution in [3.63, 3.8) is 0 Å². The Balaban J connectivity index is 1.45. The predicted molar refractivity (Wildman–Crippen MR) is 143 cm³/mol. The van der Waals surface area contributed by atoms with E-state index in [9.17, 15) is 9.18 Å². The number of hydrogen-bond acceptors (Lipinski definition) is 5. The van der Waals surface area contributed by atoms with Gasteiger partial charge in [0.05, 0.1) is 45.0 Å². The van der Waals surface area contributed by atoms with Crippen LogP contribution in [0.25, 0.3) is 33.4 Å². The molecule has 10 heteroatoms. The number of aromatic amines is 1. The number of ether oxygens (including phenoxy) is 1. The average Bonchev–Trinajstić information content (AvgIpc) is 3.27. The quantitative estimate of drug-likeness (QED) is 0.238. The highest BCUT2D eigenvalue weighted by atomic mass is 35.5. The lowest BCUT2D eigenvalue weighted by molar-refractivity contribution is 0.0947. The molecule has 0 radical (unpaired) electrons. The van der Waals surface area contributed by atoms with Crippen LogP contribution in [0.1, 0.15) is 15.9 Å². The number of methoxy groups -OCH3 is 1. The number of rotatable bonds is 6. The van der Waals surface area contributed by atoms with Crippen molar-refractivity contribution in [2.45, 2.75) is 6.54 Å². The van der Waals surface area contributed by atoms with Gasteiger partial charge in [-0.1, -0.05) is 53.5 Å². The fourth-order valence-corrected chi connectivity index (χ4v) is 4.66. The summed E-state index contributed by atoms with van der Waals surface area (Å²) in [6.45, 7) is 0.227. The number of pyridine rings is 1. The summed E-state index contributed by atoms with van der Waals surface area (Å²) >= 11 is 12.9. The maximum Gasteiger partial charge on any atom is 0.255 e. The van der Waals surface area contributed by atoms with Crippen molar-refractivity contribution >= 4 is 45.8 Å². The van der Waals surface area contributed by atoms with Crippen LogP contribution in [0, 0.1) is 5.82 Å². The molecule has 3 aromatic carbocycles. The molecule has 0 fully saturated rings. The minimum absolute atomic E-state index is 0.121. The first-order valence-corrected chi connectivity index (χ1v) is 11.9. The van der Waals surface area contributed by atoms with Crippen molar-refractivity contribution in [2.75, 3.05) is 12.8 Å². The van der Waals surface area contributed by atoms with Crippen LogP contribution in [0.15, 0.2) is 66.7 Å². The van der Waals surface area contributed by atoms with Crippen molar-refractivity contribution in [1.82, 2.24) is 20.5 Å². The monoisotopic (exact) mass is 535 g/mol. The van der Waals surface area contributed by atoms with Gasteiger partial charge in [-0.15, -0.1) is 0 Å². The van der Waals surface area contributed by atoms with Gasteiger partial charge in [0.15, 0.2) is 5.82 Å². The second kappa shape index (κ2) is 10.1. The lowest BCUT2D eigenvalue weighted by Gasteiger charge is -2.12. The molecule has 0 saturated carbocycles. The highest BCUT2D eigenvalue weighted by Gasteiger charge is 2.18. The van der Waals surface area contributed by atoms with Crippen molar-refractivity contribution in [2.24, 2.45) is 0 Å². The van der Waals surface area contributed by atoms with E-state index in [2.05, 4.69) is 15.5 Å². The number of halogens is 3. The molecular formula is C27H20Cl2FN5O2. The second-order valence-corrected chi connectivity index (χ2v) is 9.02. The van der Waals surface area contributed by atoms with Gasteiger partial charge in [0.2, 0.25) is 0 Å². The third-order valence-corrected chi connectivity index (χ3v) is 6.51. The van der Waals surface area contributed by atoms with E-state index in [0.29, 0.717) is 49.5 Å². The number of anilines is 1. The Hall–Kier alpha value is -4.14. The highest BCUT2D eigenvalue weighted by molar-refractivity contribution is 6.39. The fourth-order valence-electron chi connectivity index (χ4n) is 4.06. The number of amides is 1. The van der Waals surface area contributed by atoms with Crippen LogP contribution in [0.4, 0.5) is 10.2 Å². The van der Waals surface area contributed by atoms with Crippen LogP contribution >= 0.6 is 23.2 Å². The highest BCUT2D eigenvalue weighted by Crippen LogP contribution is 2.38. The van der Waals surface area contributed by atoms with Crippen LogP contribution in [0.3, 0.4) is 0 Å². The molecule has 5 rings (SSSR count). The number of carbonyl (C=O) groups excluding carboxylic acids is 1. The number of nitrogens with two attached hydrogens (primary N) is 1. The Bertz CT molecular complexity index is 1620. The van der Waals surface area contributed by atoms with E-state index < -0.39 is 11.7 Å². The standard InChI is InChI=1S/C27H20Cl2FN5O2/c1-37-22-10-9-16(30)11-17(22)27(36)32-13-14-5-7-15(8-6-14)25-24-21(34-35-26(24)31)12-20(33-25)23-18(28)3-2-4-19(23)29/h2-12H,13H2,1H3,(H,32,36)(H3,31,34,35). The van der Waals surface area contributed by atoms with E-state index in [1.54, 1.807) is 24.3 Å². The maximum absolute atomic E-state index is 13.6. The molecule has 0 bridgehead atoms. The molecule has 186 valence electrons. The number of carbonyl (C=O) groups is 1. The zero-order valence-corrected chi connectivity index (χ0v) is 21.0. The first-order valence-electron chi connectivity index (χ1n) is 11.2. The summed E-state index contributed by atoms with van der Waals surface area (Å²) in [4.78, 5) is 17.4. The lowest BCUT2D eigenvalue weighted by atomic mass is 10.0. The number of nitrogen functional groups attached to an aromatic ring is 1. The number of nitrogens with zero attached hydrogens (tertiary/aromatic N) is 2. The minimum atomic E-state index is -0.520. The first kappa shape index (κ1) is 24.5. The van der Waals surface area contributed by atoms with E-state index in [1.807, 2.05) is 24.3 Å². The van der Waals surface area contributed by atoms with Gasteiger partial charge in [0, 0.05) is 17.7 Å². The summed E-state index contributed by atoms with van der Waals surface area (Å²) < 4.78 is 18.8. The topological polar surface area (TPSA) is 106 Å². The summed E-state index contributed by atoms with van der Waals surface area (Å²) in [5.74, 6) is -0.359. The summed E-state index contributed by atoms with van der Waals surface area (Å²) in [6, 6.07) is 18.3. The van der Waals surface area contributed by atoms with Crippen molar-refractivity contribution in [3.8, 4) is 28.3 Å². The van der Waals surface area contributed by atoms with E-state index in [1.165, 1.54) is 19.2 Å². The Kier molecular flexibility index (Phi) is 6.69. The molecule has 0 aliphatic carbocycles. The number of fused-ring (bicyclic) bond motifs is 1. The van der Waals surface area contributed by atoms with Crippen molar-refractivity contribution < 1.29 is 13.9 Å². The zero-order valence-electron chi connectivity index (χ0n) is 19.5. The van der Waals surface area contributed by atoms with Crippen LogP contribution < -0.4 is 15.8 Å². The number of benzene rings is 3. The van der Waals surface area contributed by atoms with Crippen LogP contribution in [-0.4, -0.2) is 28.2 Å². The molecule has 0 unspecified atom stereocenters. The summed E-state index contributed by atoms with van der Waals surface area (Å²) in [5, 5.41) is 11.5. The molecule has 37 heavy (non-hydrogen) atoms. The zero-order chi connectivity index (χ0) is 26.1. The third-order valence-electron chi connectivity index (χ3n) is 5.88. The van der Waals surface area contributed by atoms with E-state index in [-0.39, 0.29) is 12.1 Å². The summed E-state index contributed by atoms with van der Waals surface area (Å²) in [6.07, 6.45) is 0. The number of aromatic nitrogens is 3. The van der Waals surface area contributed by atoms with Gasteiger partial charge in [-0.25, -0.2) is 9.37 Å². The molecule has 0 saturated heterocycles. The SMILES string of the molecule is COc1ccc(F)cc1C(=O)NCc1ccc(-c2nc(-c3c(Cl)cccc3Cl)cc3[nH]nc(N)c23)cc1. The van der Waals surface area contributed by atoms with Crippen LogP contribution in [-0.2, 0) is 6.54 Å². The summed E-state index contributed by atoms with van der Waals surface area (Å²) in [5.41, 5.74) is 10.3. The fraction of sp³-hybridized carbons (Fsp3) is 0.0741. The number of hydrogen-bond donors (Lipinski definition) is 3. The molecule has 5 aromatic rings. The van der Waals surface area contributed by atoms with E-state index in [0.717, 1.165) is 17.2 Å². The summed E-state index contributed by atoms with van der Waals surface area (Å²) in [7, 11) is 1.43. The third kappa shape index (κ3) is 4.81. The van der Waals surface area contributed by atoms with Gasteiger partial charge in [0.1, 0.15) is 11.6 Å². The molecule has 0 aliphatic heterocycles. The predicted octanol–water partition coefficient (Wildman–Crippen LogP) is 6.26. The van der Waals surface area contributed by atoms with Crippen molar-refractivity contribution in [3.05, 3.63) is 93.7 Å². The lowest BCUT2D eigenvalue weighted by Crippen LogP contribution is -2.23.